The van der Waals surface area contributed by atoms with Gasteiger partial charge in [0.2, 0.25) is 5.91 Å². The first kappa shape index (κ1) is 22.1. The van der Waals surface area contributed by atoms with Gasteiger partial charge in [0.25, 0.3) is 11.5 Å². The molecule has 1 aromatic carbocycles. The maximum absolute atomic E-state index is 13.2. The molecule has 0 spiro atoms. The summed E-state index contributed by atoms with van der Waals surface area (Å²) in [6, 6.07) is 10.6. The highest BCUT2D eigenvalue weighted by Crippen LogP contribution is 2.23. The van der Waals surface area contributed by atoms with E-state index in [4.69, 9.17) is 0 Å². The second-order valence-electron chi connectivity index (χ2n) is 7.90. The lowest BCUT2D eigenvalue weighted by atomic mass is 9.97. The lowest BCUT2D eigenvalue weighted by Gasteiger charge is -2.16. The molecule has 0 aliphatic heterocycles. The summed E-state index contributed by atoms with van der Waals surface area (Å²) in [4.78, 5) is 42.5. The summed E-state index contributed by atoms with van der Waals surface area (Å²) in [6.07, 6.45) is 9.39. The van der Waals surface area contributed by atoms with E-state index in [0.717, 1.165) is 19.3 Å². The predicted molar refractivity (Wildman–Crippen MR) is 126 cm³/mol. The Morgan fingerprint density at radius 2 is 2.00 bits per heavy atom. The van der Waals surface area contributed by atoms with Crippen LogP contribution >= 0.6 is 11.8 Å². The Morgan fingerprint density at radius 3 is 2.75 bits per heavy atom. The fourth-order valence-corrected chi connectivity index (χ4v) is 4.72. The number of fused-ring (bicyclic) bond motifs is 1. The van der Waals surface area contributed by atoms with E-state index in [2.05, 4.69) is 16.4 Å². The minimum absolute atomic E-state index is 0.0103. The number of aryl methyl sites for hydroxylation is 1. The largest absolute Gasteiger partial charge is 0.347 e. The van der Waals surface area contributed by atoms with E-state index in [-0.39, 0.29) is 11.3 Å². The molecule has 8 heteroatoms. The average molecular weight is 451 g/mol. The van der Waals surface area contributed by atoms with Gasteiger partial charge in [-0.1, -0.05) is 35.5 Å². The smallest absolute Gasteiger partial charge is 0.274 e. The van der Waals surface area contributed by atoms with Crippen molar-refractivity contribution in [2.24, 2.45) is 7.05 Å². The molecule has 0 saturated carbocycles. The molecule has 0 radical (unpaired) electrons. The van der Waals surface area contributed by atoms with Crippen molar-refractivity contribution in [2.75, 3.05) is 5.75 Å². The number of amides is 2. The fraction of sp³-hybridized carbons (Fsp3) is 0.333. The number of thioether (sulfide) groups is 1. The highest BCUT2D eigenvalue weighted by atomic mass is 32.2. The van der Waals surface area contributed by atoms with Gasteiger partial charge >= 0.3 is 0 Å². The van der Waals surface area contributed by atoms with Crippen molar-refractivity contribution in [3.63, 3.8) is 0 Å². The van der Waals surface area contributed by atoms with Crippen LogP contribution < -0.4 is 10.9 Å². The maximum Gasteiger partial charge on any atom is 0.274 e. The topological polar surface area (TPSA) is 86.0 Å². The van der Waals surface area contributed by atoms with Crippen molar-refractivity contribution in [1.29, 1.82) is 0 Å². The summed E-state index contributed by atoms with van der Waals surface area (Å²) in [6.45, 7) is 0.523. The van der Waals surface area contributed by atoms with Gasteiger partial charge in [-0.3, -0.25) is 24.3 Å². The third-order valence-electron chi connectivity index (χ3n) is 5.63. The van der Waals surface area contributed by atoms with Crippen molar-refractivity contribution < 1.29 is 9.59 Å². The van der Waals surface area contributed by atoms with Crippen molar-refractivity contribution in [3.8, 4) is 0 Å². The standard InChI is InChI=1S/C24H26N4O3S/c1-27-14-7-12-20(27)22(30)26-21(29)16-32-24-25-19-11-6-5-10-18(19)23(31)28(24)15-13-17-8-3-2-4-9-17/h5-8,10-12,14H,2-4,9,13,15-16H2,1H3,(H,26,29,30). The zero-order valence-corrected chi connectivity index (χ0v) is 18.9. The molecule has 4 rings (SSSR count). The van der Waals surface area contributed by atoms with E-state index in [0.29, 0.717) is 28.3 Å². The van der Waals surface area contributed by atoms with Crippen LogP contribution in [0.2, 0.25) is 0 Å². The Labute approximate surface area is 190 Å². The van der Waals surface area contributed by atoms with E-state index >= 15 is 0 Å². The summed E-state index contributed by atoms with van der Waals surface area (Å²) < 4.78 is 3.31. The van der Waals surface area contributed by atoms with Gasteiger partial charge in [-0.2, -0.15) is 0 Å². The molecule has 1 aliphatic rings. The maximum atomic E-state index is 13.2. The molecule has 0 unspecified atom stereocenters. The molecule has 2 aromatic heterocycles. The Kier molecular flexibility index (Phi) is 6.90. The number of carbonyl (C=O) groups excluding carboxylic acids is 2. The molecule has 0 fully saturated rings. The van der Waals surface area contributed by atoms with Crippen LogP contribution in [-0.2, 0) is 18.4 Å². The average Bonchev–Trinajstić information content (AvgIpc) is 3.24. The molecule has 166 valence electrons. The third-order valence-corrected chi connectivity index (χ3v) is 6.61. The van der Waals surface area contributed by atoms with E-state index < -0.39 is 11.8 Å². The number of hydrogen-bond donors (Lipinski definition) is 1. The van der Waals surface area contributed by atoms with Gasteiger partial charge in [0.1, 0.15) is 5.69 Å². The Bertz CT molecular complexity index is 1240. The van der Waals surface area contributed by atoms with Crippen molar-refractivity contribution in [1.82, 2.24) is 19.4 Å². The van der Waals surface area contributed by atoms with Gasteiger partial charge in [0.15, 0.2) is 5.16 Å². The van der Waals surface area contributed by atoms with E-state index in [1.807, 2.05) is 12.1 Å². The molecular formula is C24H26N4O3S. The molecule has 3 aromatic rings. The van der Waals surface area contributed by atoms with Crippen molar-refractivity contribution in [2.45, 2.75) is 43.8 Å². The van der Waals surface area contributed by atoms with E-state index in [1.165, 1.54) is 30.2 Å². The zero-order chi connectivity index (χ0) is 22.5. The van der Waals surface area contributed by atoms with Gasteiger partial charge < -0.3 is 4.57 Å². The van der Waals surface area contributed by atoms with Gasteiger partial charge in [-0.15, -0.1) is 0 Å². The highest BCUT2D eigenvalue weighted by molar-refractivity contribution is 7.99. The molecule has 0 bridgehead atoms. The van der Waals surface area contributed by atoms with Crippen LogP contribution in [-0.4, -0.2) is 31.7 Å². The predicted octanol–water partition coefficient (Wildman–Crippen LogP) is 3.67. The second kappa shape index (κ2) is 9.99. The summed E-state index contributed by atoms with van der Waals surface area (Å²) >= 11 is 1.18. The van der Waals surface area contributed by atoms with Gasteiger partial charge in [-0.05, 0) is 56.4 Å². The van der Waals surface area contributed by atoms with E-state index in [1.54, 1.807) is 46.6 Å². The number of para-hydroxylation sites is 1. The van der Waals surface area contributed by atoms with Crippen LogP contribution in [0.25, 0.3) is 10.9 Å². The minimum Gasteiger partial charge on any atom is -0.347 e. The Hall–Kier alpha value is -3.13. The molecule has 2 amide bonds. The lowest BCUT2D eigenvalue weighted by Crippen LogP contribution is -2.33. The summed E-state index contributed by atoms with van der Waals surface area (Å²) in [5, 5.41) is 3.46. The monoisotopic (exact) mass is 450 g/mol. The SMILES string of the molecule is Cn1cccc1C(=O)NC(=O)CSc1nc2ccccc2c(=O)n1CCC1=CCCCC1. The van der Waals surface area contributed by atoms with Gasteiger partial charge in [0, 0.05) is 19.8 Å². The quantitative estimate of drug-likeness (QED) is 0.337. The molecule has 1 N–H and O–H groups in total. The molecule has 0 atom stereocenters. The van der Waals surface area contributed by atoms with E-state index in [9.17, 15) is 14.4 Å². The first-order chi connectivity index (χ1) is 15.5. The van der Waals surface area contributed by atoms with Gasteiger partial charge in [0.05, 0.1) is 16.7 Å². The number of rotatable bonds is 7. The Morgan fingerprint density at radius 1 is 1.16 bits per heavy atom. The first-order valence-electron chi connectivity index (χ1n) is 10.8. The number of nitrogens with zero attached hydrogens (tertiary/aromatic N) is 3. The fourth-order valence-electron chi connectivity index (χ4n) is 3.90. The number of carbonyl (C=O) groups is 2. The number of aromatic nitrogens is 3. The number of nitrogens with one attached hydrogen (secondary N) is 1. The molecule has 1 aliphatic carbocycles. The van der Waals surface area contributed by atoms with Crippen LogP contribution in [0.5, 0.6) is 0 Å². The molecule has 32 heavy (non-hydrogen) atoms. The van der Waals surface area contributed by atoms with Crippen molar-refractivity contribution in [3.05, 3.63) is 70.3 Å². The number of benzene rings is 1. The molecule has 0 saturated heterocycles. The molecular weight excluding hydrogens is 424 g/mol. The van der Waals surface area contributed by atoms with Crippen LogP contribution in [0.15, 0.2) is 64.2 Å². The third kappa shape index (κ3) is 5.02. The normalized spacial score (nSPS) is 13.7. The number of imide groups is 1. The highest BCUT2D eigenvalue weighted by Gasteiger charge is 2.17. The van der Waals surface area contributed by atoms with Crippen LogP contribution in [0.4, 0.5) is 0 Å². The molecule has 2 heterocycles. The van der Waals surface area contributed by atoms with Crippen LogP contribution in [0, 0.1) is 0 Å². The summed E-state index contributed by atoms with van der Waals surface area (Å²) in [7, 11) is 1.74. The van der Waals surface area contributed by atoms with Gasteiger partial charge in [-0.25, -0.2) is 4.98 Å². The van der Waals surface area contributed by atoms with Crippen molar-refractivity contribution >= 4 is 34.5 Å². The number of allylic oxidation sites excluding steroid dienone is 2. The first-order valence-corrected chi connectivity index (χ1v) is 11.8. The van der Waals surface area contributed by atoms with Crippen LogP contribution in [0.1, 0.15) is 42.6 Å². The van der Waals surface area contributed by atoms with Crippen LogP contribution in [0.3, 0.4) is 0 Å². The second-order valence-corrected chi connectivity index (χ2v) is 8.84. The summed E-state index contributed by atoms with van der Waals surface area (Å²) in [5.74, 6) is -0.884. The number of hydrogen-bond acceptors (Lipinski definition) is 5. The zero-order valence-electron chi connectivity index (χ0n) is 18.0. The summed E-state index contributed by atoms with van der Waals surface area (Å²) in [5.41, 5.74) is 2.28. The molecule has 7 nitrogen and oxygen atoms in total. The lowest BCUT2D eigenvalue weighted by molar-refractivity contribution is -0.117. The minimum atomic E-state index is -0.448. The Balaban J connectivity index is 1.51.